The van der Waals surface area contributed by atoms with E-state index < -0.39 is 12.1 Å². The molecule has 3 rings (SSSR count). The Morgan fingerprint density at radius 3 is 2.83 bits per heavy atom. The van der Waals surface area contributed by atoms with E-state index in [9.17, 15) is 14.0 Å². The molecular formula is C17H20FN3O3. The van der Waals surface area contributed by atoms with Crippen LogP contribution >= 0.6 is 0 Å². The number of carbonyl (C=O) groups is 2. The van der Waals surface area contributed by atoms with Gasteiger partial charge in [-0.05, 0) is 23.8 Å². The smallest absolute Gasteiger partial charge is 0.339 e. The Morgan fingerprint density at radius 2 is 2.17 bits per heavy atom. The van der Waals surface area contributed by atoms with Crippen molar-refractivity contribution in [1.82, 2.24) is 10.6 Å². The van der Waals surface area contributed by atoms with Crippen molar-refractivity contribution in [2.75, 3.05) is 37.6 Å². The van der Waals surface area contributed by atoms with E-state index in [0.29, 0.717) is 16.8 Å². The van der Waals surface area contributed by atoms with Crippen LogP contribution in [0.5, 0.6) is 0 Å². The number of hydrogen-bond acceptors (Lipinski definition) is 5. The maximum atomic E-state index is 14.5. The molecule has 2 aliphatic heterocycles. The van der Waals surface area contributed by atoms with E-state index in [1.807, 2.05) is 4.90 Å². The SMILES string of the molecule is CC(=O)NC[C@H]1C=C(c2ccc(N3CCNCC3)c(F)c2)C(=O)O1. The summed E-state index contributed by atoms with van der Waals surface area (Å²) in [6.45, 7) is 4.75. The molecule has 0 aromatic heterocycles. The lowest BCUT2D eigenvalue weighted by Crippen LogP contribution is -2.43. The summed E-state index contributed by atoms with van der Waals surface area (Å²) in [5, 5.41) is 5.82. The highest BCUT2D eigenvalue weighted by Crippen LogP contribution is 2.28. The molecule has 0 unspecified atom stereocenters. The lowest BCUT2D eigenvalue weighted by atomic mass is 10.0. The molecule has 128 valence electrons. The summed E-state index contributed by atoms with van der Waals surface area (Å²) in [6.07, 6.45) is 1.10. The van der Waals surface area contributed by atoms with Crippen molar-refractivity contribution in [1.29, 1.82) is 0 Å². The fraction of sp³-hybridized carbons (Fsp3) is 0.412. The van der Waals surface area contributed by atoms with Crippen LogP contribution in [-0.4, -0.2) is 50.7 Å². The van der Waals surface area contributed by atoms with E-state index in [2.05, 4.69) is 10.6 Å². The first kappa shape index (κ1) is 16.4. The molecular weight excluding hydrogens is 313 g/mol. The van der Waals surface area contributed by atoms with Crippen molar-refractivity contribution >= 4 is 23.1 Å². The summed E-state index contributed by atoms with van der Waals surface area (Å²) in [6, 6.07) is 4.80. The highest BCUT2D eigenvalue weighted by molar-refractivity contribution is 6.18. The predicted molar refractivity (Wildman–Crippen MR) is 88.0 cm³/mol. The van der Waals surface area contributed by atoms with Gasteiger partial charge in [0.25, 0.3) is 0 Å². The van der Waals surface area contributed by atoms with Crippen LogP contribution in [-0.2, 0) is 14.3 Å². The van der Waals surface area contributed by atoms with Gasteiger partial charge < -0.3 is 20.3 Å². The second-order valence-corrected chi connectivity index (χ2v) is 5.86. The Bertz CT molecular complexity index is 684. The van der Waals surface area contributed by atoms with Gasteiger partial charge >= 0.3 is 5.97 Å². The average molecular weight is 333 g/mol. The molecule has 2 aliphatic rings. The number of nitrogens with one attached hydrogen (secondary N) is 2. The van der Waals surface area contributed by atoms with Crippen LogP contribution in [0.15, 0.2) is 24.3 Å². The Balaban J connectivity index is 1.76. The van der Waals surface area contributed by atoms with Crippen molar-refractivity contribution in [2.24, 2.45) is 0 Å². The fourth-order valence-electron chi connectivity index (χ4n) is 2.88. The number of ether oxygens (including phenoxy) is 1. The second-order valence-electron chi connectivity index (χ2n) is 5.86. The van der Waals surface area contributed by atoms with Gasteiger partial charge in [0.05, 0.1) is 17.8 Å². The largest absolute Gasteiger partial charge is 0.453 e. The summed E-state index contributed by atoms with van der Waals surface area (Å²) in [7, 11) is 0. The first-order valence-corrected chi connectivity index (χ1v) is 7.97. The lowest BCUT2D eigenvalue weighted by molar-refractivity contribution is -0.138. The highest BCUT2D eigenvalue weighted by Gasteiger charge is 2.27. The zero-order chi connectivity index (χ0) is 17.1. The second kappa shape index (κ2) is 7.00. The van der Waals surface area contributed by atoms with Gasteiger partial charge in [-0.2, -0.15) is 0 Å². The van der Waals surface area contributed by atoms with Crippen molar-refractivity contribution < 1.29 is 18.7 Å². The molecule has 1 amide bonds. The fourth-order valence-corrected chi connectivity index (χ4v) is 2.88. The standard InChI is InChI=1S/C17H20FN3O3/c1-11(22)20-10-13-9-14(17(23)24-13)12-2-3-16(15(18)8-12)21-6-4-19-5-7-21/h2-3,8-9,13,19H,4-7,10H2,1H3,(H,20,22)/t13-/m1/s1. The molecule has 6 nitrogen and oxygen atoms in total. The minimum atomic E-state index is -0.521. The maximum absolute atomic E-state index is 14.5. The van der Waals surface area contributed by atoms with Crippen LogP contribution in [0.1, 0.15) is 12.5 Å². The Morgan fingerprint density at radius 1 is 1.42 bits per heavy atom. The average Bonchev–Trinajstić information content (AvgIpc) is 2.94. The molecule has 1 atom stereocenters. The van der Waals surface area contributed by atoms with E-state index in [-0.39, 0.29) is 18.3 Å². The molecule has 1 aromatic carbocycles. The first-order chi connectivity index (χ1) is 11.5. The molecule has 0 radical (unpaired) electrons. The Hall–Kier alpha value is -2.41. The van der Waals surface area contributed by atoms with Gasteiger partial charge in [0.2, 0.25) is 5.91 Å². The van der Waals surface area contributed by atoms with Crippen LogP contribution in [0, 0.1) is 5.82 Å². The quantitative estimate of drug-likeness (QED) is 0.793. The van der Waals surface area contributed by atoms with Gasteiger partial charge in [-0.3, -0.25) is 4.79 Å². The molecule has 2 heterocycles. The Kier molecular flexibility index (Phi) is 4.80. The van der Waals surface area contributed by atoms with Gasteiger partial charge in [0, 0.05) is 33.1 Å². The van der Waals surface area contributed by atoms with Crippen LogP contribution in [0.2, 0.25) is 0 Å². The third-order valence-corrected chi connectivity index (χ3v) is 4.10. The third kappa shape index (κ3) is 3.56. The number of carbonyl (C=O) groups excluding carboxylic acids is 2. The molecule has 0 spiro atoms. The molecule has 0 bridgehead atoms. The van der Waals surface area contributed by atoms with Crippen LogP contribution in [0.3, 0.4) is 0 Å². The van der Waals surface area contributed by atoms with E-state index >= 15 is 0 Å². The van der Waals surface area contributed by atoms with Crippen molar-refractivity contribution in [3.8, 4) is 0 Å². The normalized spacial score (nSPS) is 20.6. The van der Waals surface area contributed by atoms with E-state index in [0.717, 1.165) is 26.2 Å². The zero-order valence-electron chi connectivity index (χ0n) is 13.5. The van der Waals surface area contributed by atoms with Crippen LogP contribution in [0.4, 0.5) is 10.1 Å². The van der Waals surface area contributed by atoms with Crippen molar-refractivity contribution in [2.45, 2.75) is 13.0 Å². The molecule has 0 aliphatic carbocycles. The molecule has 0 saturated carbocycles. The number of cyclic esters (lactones) is 1. The van der Waals surface area contributed by atoms with E-state index in [1.54, 1.807) is 18.2 Å². The van der Waals surface area contributed by atoms with E-state index in [4.69, 9.17) is 4.74 Å². The van der Waals surface area contributed by atoms with Gasteiger partial charge in [0.1, 0.15) is 11.9 Å². The summed E-state index contributed by atoms with van der Waals surface area (Å²) in [4.78, 5) is 24.9. The van der Waals surface area contributed by atoms with Gasteiger partial charge in [-0.1, -0.05) is 6.07 Å². The molecule has 1 saturated heterocycles. The number of hydrogen-bond donors (Lipinski definition) is 2. The predicted octanol–water partition coefficient (Wildman–Crippen LogP) is 0.680. The van der Waals surface area contributed by atoms with Crippen LogP contribution < -0.4 is 15.5 Å². The van der Waals surface area contributed by atoms with Gasteiger partial charge in [-0.15, -0.1) is 0 Å². The number of amides is 1. The highest BCUT2D eigenvalue weighted by atomic mass is 19.1. The molecule has 2 N–H and O–H groups in total. The maximum Gasteiger partial charge on any atom is 0.339 e. The van der Waals surface area contributed by atoms with Crippen LogP contribution in [0.25, 0.3) is 5.57 Å². The zero-order valence-corrected chi connectivity index (χ0v) is 13.5. The number of anilines is 1. The number of rotatable bonds is 4. The topological polar surface area (TPSA) is 70.7 Å². The Labute approximate surface area is 139 Å². The molecule has 1 fully saturated rings. The molecule has 7 heteroatoms. The summed E-state index contributed by atoms with van der Waals surface area (Å²) in [5.41, 5.74) is 1.36. The number of benzene rings is 1. The summed E-state index contributed by atoms with van der Waals surface area (Å²) in [5.74, 6) is -1.05. The van der Waals surface area contributed by atoms with E-state index in [1.165, 1.54) is 13.0 Å². The van der Waals surface area contributed by atoms with Crippen molar-refractivity contribution in [3.05, 3.63) is 35.7 Å². The third-order valence-electron chi connectivity index (χ3n) is 4.10. The number of nitrogens with zero attached hydrogens (tertiary/aromatic N) is 1. The monoisotopic (exact) mass is 333 g/mol. The summed E-state index contributed by atoms with van der Waals surface area (Å²) < 4.78 is 19.6. The van der Waals surface area contributed by atoms with Gasteiger partial charge in [0.15, 0.2) is 0 Å². The summed E-state index contributed by atoms with van der Waals surface area (Å²) >= 11 is 0. The number of esters is 1. The molecule has 24 heavy (non-hydrogen) atoms. The lowest BCUT2D eigenvalue weighted by Gasteiger charge is -2.29. The van der Waals surface area contributed by atoms with Crippen molar-refractivity contribution in [3.63, 3.8) is 0 Å². The number of piperazine rings is 1. The minimum Gasteiger partial charge on any atom is -0.453 e. The first-order valence-electron chi connectivity index (χ1n) is 7.97. The number of halogens is 1. The van der Waals surface area contributed by atoms with Gasteiger partial charge in [-0.25, -0.2) is 9.18 Å². The molecule has 1 aromatic rings. The minimum absolute atomic E-state index is 0.195.